The topological polar surface area (TPSA) is 86.8 Å². The Morgan fingerprint density at radius 3 is 1.89 bits per heavy atom. The van der Waals surface area contributed by atoms with E-state index in [1.807, 2.05) is 81.4 Å². The zero-order valence-corrected chi connectivity index (χ0v) is 22.9. The summed E-state index contributed by atoms with van der Waals surface area (Å²) in [6, 6.07) is 22.5. The van der Waals surface area contributed by atoms with Crippen LogP contribution in [0, 0.1) is 5.82 Å². The molecular formula is C29H34FN3O4S. The number of carbonyl (C=O) groups excluding carboxylic acids is 2. The van der Waals surface area contributed by atoms with Crippen molar-refractivity contribution in [3.63, 3.8) is 0 Å². The van der Waals surface area contributed by atoms with Gasteiger partial charge in [0.05, 0.1) is 11.9 Å². The number of hydrogen-bond acceptors (Lipinski definition) is 4. The van der Waals surface area contributed by atoms with Gasteiger partial charge in [-0.15, -0.1) is 0 Å². The quantitative estimate of drug-likeness (QED) is 0.420. The Balaban J connectivity index is 2.04. The highest BCUT2D eigenvalue weighted by atomic mass is 32.2. The highest BCUT2D eigenvalue weighted by Gasteiger charge is 2.34. The fraction of sp³-hybridized carbons (Fsp3) is 0.310. The zero-order chi connectivity index (χ0) is 27.9. The Kier molecular flexibility index (Phi) is 9.27. The minimum absolute atomic E-state index is 0.0930. The van der Waals surface area contributed by atoms with Crippen LogP contribution in [0.15, 0.2) is 84.9 Å². The third kappa shape index (κ3) is 8.41. The summed E-state index contributed by atoms with van der Waals surface area (Å²) < 4.78 is 39.8. The van der Waals surface area contributed by atoms with Gasteiger partial charge in [0.15, 0.2) is 0 Å². The van der Waals surface area contributed by atoms with Gasteiger partial charge in [0, 0.05) is 18.5 Å². The third-order valence-corrected chi connectivity index (χ3v) is 6.90. The molecule has 202 valence electrons. The van der Waals surface area contributed by atoms with E-state index in [2.05, 4.69) is 5.32 Å². The molecule has 3 rings (SSSR count). The van der Waals surface area contributed by atoms with Crippen LogP contribution in [0.1, 0.15) is 31.9 Å². The molecule has 3 aromatic carbocycles. The van der Waals surface area contributed by atoms with Gasteiger partial charge in [-0.25, -0.2) is 12.8 Å². The van der Waals surface area contributed by atoms with Crippen LogP contribution in [-0.4, -0.2) is 49.5 Å². The number of anilines is 1. The lowest BCUT2D eigenvalue weighted by molar-refractivity contribution is -0.140. The molecule has 1 N–H and O–H groups in total. The summed E-state index contributed by atoms with van der Waals surface area (Å²) in [5, 5.41) is 2.98. The van der Waals surface area contributed by atoms with Crippen molar-refractivity contribution in [3.8, 4) is 0 Å². The van der Waals surface area contributed by atoms with Crippen LogP contribution in [0.3, 0.4) is 0 Å². The molecule has 0 fully saturated rings. The van der Waals surface area contributed by atoms with Gasteiger partial charge in [-0.2, -0.15) is 0 Å². The minimum Gasteiger partial charge on any atom is -0.350 e. The Labute approximate surface area is 224 Å². The van der Waals surface area contributed by atoms with Crippen molar-refractivity contribution in [2.24, 2.45) is 0 Å². The number of sulfonamides is 1. The van der Waals surface area contributed by atoms with Crippen LogP contribution in [0.2, 0.25) is 0 Å². The molecule has 0 aliphatic carbocycles. The standard InChI is InChI=1S/C29H34FN3O4S/c1-29(2,3)31-28(35)26(19-22-11-7-5-8-12-22)32(20-23-13-9-6-10-14-23)27(34)21-33(38(4,36)37)25-17-15-24(30)16-18-25/h5-18,26H,19-21H2,1-4H3,(H,31,35)/t26-/m0/s1. The molecule has 0 heterocycles. The van der Waals surface area contributed by atoms with Gasteiger partial charge in [-0.1, -0.05) is 60.7 Å². The number of rotatable bonds is 10. The highest BCUT2D eigenvalue weighted by molar-refractivity contribution is 7.92. The SMILES string of the molecule is CC(C)(C)NC(=O)[C@H](Cc1ccccc1)N(Cc1ccccc1)C(=O)CN(c1ccc(F)cc1)S(C)(=O)=O. The fourth-order valence-corrected chi connectivity index (χ4v) is 4.86. The summed E-state index contributed by atoms with van der Waals surface area (Å²) in [7, 11) is -3.90. The van der Waals surface area contributed by atoms with Crippen molar-refractivity contribution < 1.29 is 22.4 Å². The molecule has 0 aliphatic heterocycles. The Bertz CT molecular complexity index is 1330. The first-order valence-electron chi connectivity index (χ1n) is 12.3. The molecule has 3 aromatic rings. The molecule has 0 spiro atoms. The average molecular weight is 540 g/mol. The van der Waals surface area contributed by atoms with E-state index in [0.29, 0.717) is 0 Å². The Hall–Kier alpha value is -3.72. The van der Waals surface area contributed by atoms with E-state index in [9.17, 15) is 22.4 Å². The maximum atomic E-state index is 13.9. The first kappa shape index (κ1) is 28.8. The van der Waals surface area contributed by atoms with Crippen LogP contribution in [0.4, 0.5) is 10.1 Å². The molecule has 0 bridgehead atoms. The summed E-state index contributed by atoms with van der Waals surface area (Å²) in [6.45, 7) is 5.11. The number of nitrogens with one attached hydrogen (secondary N) is 1. The van der Waals surface area contributed by atoms with E-state index < -0.39 is 39.9 Å². The molecule has 0 aliphatic rings. The molecule has 9 heteroatoms. The lowest BCUT2D eigenvalue weighted by Crippen LogP contribution is -2.56. The largest absolute Gasteiger partial charge is 0.350 e. The summed E-state index contributed by atoms with van der Waals surface area (Å²) in [4.78, 5) is 28.9. The Morgan fingerprint density at radius 2 is 1.39 bits per heavy atom. The predicted molar refractivity (Wildman–Crippen MR) is 147 cm³/mol. The van der Waals surface area contributed by atoms with E-state index in [4.69, 9.17) is 0 Å². The Morgan fingerprint density at radius 1 is 0.868 bits per heavy atom. The average Bonchev–Trinajstić information content (AvgIpc) is 2.84. The van der Waals surface area contributed by atoms with Gasteiger partial charge in [0.25, 0.3) is 0 Å². The summed E-state index contributed by atoms with van der Waals surface area (Å²) in [6.07, 6.45) is 1.22. The molecule has 1 atom stereocenters. The lowest BCUT2D eigenvalue weighted by atomic mass is 10.0. The number of carbonyl (C=O) groups is 2. The van der Waals surface area contributed by atoms with E-state index in [-0.39, 0.29) is 24.6 Å². The maximum absolute atomic E-state index is 13.9. The van der Waals surface area contributed by atoms with Gasteiger partial charge < -0.3 is 10.2 Å². The monoisotopic (exact) mass is 539 g/mol. The normalized spacial score (nSPS) is 12.4. The molecule has 7 nitrogen and oxygen atoms in total. The smallest absolute Gasteiger partial charge is 0.244 e. The van der Waals surface area contributed by atoms with Gasteiger partial charge in [0.1, 0.15) is 18.4 Å². The molecule has 0 aromatic heterocycles. The second kappa shape index (κ2) is 12.2. The first-order chi connectivity index (χ1) is 17.8. The molecule has 0 unspecified atom stereocenters. The zero-order valence-electron chi connectivity index (χ0n) is 22.1. The molecular weight excluding hydrogens is 505 g/mol. The van der Waals surface area contributed by atoms with Crippen LogP contribution >= 0.6 is 0 Å². The summed E-state index contributed by atoms with van der Waals surface area (Å²) in [5.74, 6) is -1.44. The van der Waals surface area contributed by atoms with E-state index in [1.54, 1.807) is 0 Å². The predicted octanol–water partition coefficient (Wildman–Crippen LogP) is 4.15. The first-order valence-corrected chi connectivity index (χ1v) is 14.1. The van der Waals surface area contributed by atoms with E-state index >= 15 is 0 Å². The highest BCUT2D eigenvalue weighted by Crippen LogP contribution is 2.21. The lowest BCUT2D eigenvalue weighted by Gasteiger charge is -2.35. The van der Waals surface area contributed by atoms with Crippen LogP contribution in [0.25, 0.3) is 0 Å². The molecule has 0 radical (unpaired) electrons. The third-order valence-electron chi connectivity index (χ3n) is 5.76. The number of nitrogens with zero attached hydrogens (tertiary/aromatic N) is 2. The maximum Gasteiger partial charge on any atom is 0.244 e. The number of hydrogen-bond donors (Lipinski definition) is 1. The number of benzene rings is 3. The summed E-state index contributed by atoms with van der Waals surface area (Å²) in [5.41, 5.74) is 1.24. The number of amides is 2. The van der Waals surface area contributed by atoms with Crippen molar-refractivity contribution >= 4 is 27.5 Å². The van der Waals surface area contributed by atoms with Crippen LogP contribution in [-0.2, 0) is 32.6 Å². The molecule has 2 amide bonds. The molecule has 0 saturated heterocycles. The van der Waals surface area contributed by atoms with Crippen molar-refractivity contribution in [2.75, 3.05) is 17.1 Å². The second-order valence-electron chi connectivity index (χ2n) is 10.2. The summed E-state index contributed by atoms with van der Waals surface area (Å²) >= 11 is 0. The van der Waals surface area contributed by atoms with Gasteiger partial charge >= 0.3 is 0 Å². The molecule has 0 saturated carbocycles. The van der Waals surface area contributed by atoms with Crippen molar-refractivity contribution in [3.05, 3.63) is 102 Å². The van der Waals surface area contributed by atoms with Gasteiger partial charge in [-0.05, 0) is 56.2 Å². The number of halogens is 1. The minimum atomic E-state index is -3.90. The second-order valence-corrected chi connectivity index (χ2v) is 12.1. The fourth-order valence-electron chi connectivity index (χ4n) is 4.01. The van der Waals surface area contributed by atoms with Crippen LogP contribution in [0.5, 0.6) is 0 Å². The van der Waals surface area contributed by atoms with Crippen molar-refractivity contribution in [2.45, 2.75) is 45.3 Å². The van der Waals surface area contributed by atoms with E-state index in [1.165, 1.54) is 17.0 Å². The van der Waals surface area contributed by atoms with Crippen molar-refractivity contribution in [1.29, 1.82) is 0 Å². The van der Waals surface area contributed by atoms with Gasteiger partial charge in [-0.3, -0.25) is 13.9 Å². The van der Waals surface area contributed by atoms with Crippen LogP contribution < -0.4 is 9.62 Å². The molecule has 38 heavy (non-hydrogen) atoms. The van der Waals surface area contributed by atoms with Crippen molar-refractivity contribution in [1.82, 2.24) is 10.2 Å². The van der Waals surface area contributed by atoms with Gasteiger partial charge in [0.2, 0.25) is 21.8 Å². The van der Waals surface area contributed by atoms with E-state index in [0.717, 1.165) is 33.8 Å².